The molecular formula is C19H18ClNO5. The minimum atomic E-state index is -0.884. The van der Waals surface area contributed by atoms with Crippen molar-refractivity contribution in [3.8, 4) is 5.75 Å². The number of anilines is 1. The fourth-order valence-corrected chi connectivity index (χ4v) is 2.16. The van der Waals surface area contributed by atoms with E-state index in [0.29, 0.717) is 22.0 Å². The number of amides is 1. The van der Waals surface area contributed by atoms with Crippen molar-refractivity contribution in [1.29, 1.82) is 0 Å². The van der Waals surface area contributed by atoms with Gasteiger partial charge in [-0.15, -0.1) is 0 Å². The summed E-state index contributed by atoms with van der Waals surface area (Å²) in [6.45, 7) is 2.49. The summed E-state index contributed by atoms with van der Waals surface area (Å²) in [5, 5.41) is 3.12. The van der Waals surface area contributed by atoms with Gasteiger partial charge in [0.15, 0.2) is 18.5 Å². The average Bonchev–Trinajstić information content (AvgIpc) is 2.61. The maximum atomic E-state index is 11.9. The Balaban J connectivity index is 1.82. The number of hydrogen-bond acceptors (Lipinski definition) is 5. The molecule has 1 N–H and O–H groups in total. The number of carbonyl (C=O) groups excluding carboxylic acids is 3. The summed E-state index contributed by atoms with van der Waals surface area (Å²) in [5.74, 6) is -0.838. The first-order valence-electron chi connectivity index (χ1n) is 7.85. The van der Waals surface area contributed by atoms with Gasteiger partial charge in [0.05, 0.1) is 0 Å². The first-order valence-corrected chi connectivity index (χ1v) is 8.22. The van der Waals surface area contributed by atoms with Crippen molar-refractivity contribution in [3.63, 3.8) is 0 Å². The molecule has 2 aromatic carbocycles. The molecule has 2 rings (SSSR count). The largest absolute Gasteiger partial charge is 0.479 e. The van der Waals surface area contributed by atoms with Crippen molar-refractivity contribution in [3.05, 3.63) is 59.1 Å². The molecule has 0 bridgehead atoms. The lowest BCUT2D eigenvalue weighted by Crippen LogP contribution is -2.29. The summed E-state index contributed by atoms with van der Waals surface area (Å²) in [6, 6.07) is 13.0. The predicted molar refractivity (Wildman–Crippen MR) is 97.6 cm³/mol. The van der Waals surface area contributed by atoms with Gasteiger partial charge in [0.2, 0.25) is 0 Å². The minimum Gasteiger partial charge on any atom is -0.479 e. The van der Waals surface area contributed by atoms with Crippen LogP contribution < -0.4 is 10.1 Å². The summed E-state index contributed by atoms with van der Waals surface area (Å²) < 4.78 is 10.4. The zero-order valence-corrected chi connectivity index (χ0v) is 15.1. The topological polar surface area (TPSA) is 81.7 Å². The Bertz CT molecular complexity index is 804. The SMILES string of the molecule is CC(=O)c1cccc(NC(=O)COC(=O)[C@H](C)Oc2ccc(Cl)cc2)c1. The Hall–Kier alpha value is -2.86. The molecule has 0 saturated carbocycles. The lowest BCUT2D eigenvalue weighted by molar-refractivity contribution is -0.153. The van der Waals surface area contributed by atoms with Crippen molar-refractivity contribution in [2.75, 3.05) is 11.9 Å². The Morgan fingerprint density at radius 3 is 2.46 bits per heavy atom. The second-order valence-corrected chi connectivity index (χ2v) is 5.94. The van der Waals surface area contributed by atoms with Gasteiger partial charge in [0.1, 0.15) is 5.75 Å². The van der Waals surface area contributed by atoms with Gasteiger partial charge in [0, 0.05) is 16.3 Å². The molecule has 7 heteroatoms. The van der Waals surface area contributed by atoms with E-state index in [1.165, 1.54) is 13.8 Å². The van der Waals surface area contributed by atoms with Crippen LogP contribution >= 0.6 is 11.6 Å². The van der Waals surface area contributed by atoms with E-state index < -0.39 is 24.6 Å². The zero-order valence-electron chi connectivity index (χ0n) is 14.3. The lowest BCUT2D eigenvalue weighted by atomic mass is 10.1. The predicted octanol–water partition coefficient (Wildman–Crippen LogP) is 3.49. The number of hydrogen-bond donors (Lipinski definition) is 1. The highest BCUT2D eigenvalue weighted by Crippen LogP contribution is 2.17. The maximum absolute atomic E-state index is 11.9. The van der Waals surface area contributed by atoms with Crippen LogP contribution in [-0.2, 0) is 14.3 Å². The smallest absolute Gasteiger partial charge is 0.347 e. The van der Waals surface area contributed by atoms with Gasteiger partial charge in [-0.1, -0.05) is 23.7 Å². The van der Waals surface area contributed by atoms with Crippen molar-refractivity contribution in [2.45, 2.75) is 20.0 Å². The molecule has 0 radical (unpaired) electrons. The lowest BCUT2D eigenvalue weighted by Gasteiger charge is -2.14. The second-order valence-electron chi connectivity index (χ2n) is 5.51. The van der Waals surface area contributed by atoms with Gasteiger partial charge in [-0.3, -0.25) is 9.59 Å². The van der Waals surface area contributed by atoms with E-state index in [9.17, 15) is 14.4 Å². The van der Waals surface area contributed by atoms with Gasteiger partial charge in [-0.05, 0) is 50.2 Å². The third-order valence-corrected chi connectivity index (χ3v) is 3.61. The Kier molecular flexibility index (Phi) is 6.74. The van der Waals surface area contributed by atoms with Crippen molar-refractivity contribution < 1.29 is 23.9 Å². The molecule has 0 saturated heterocycles. The molecule has 0 aliphatic heterocycles. The van der Waals surface area contributed by atoms with Crippen molar-refractivity contribution in [2.24, 2.45) is 0 Å². The van der Waals surface area contributed by atoms with Crippen LogP contribution in [0.15, 0.2) is 48.5 Å². The van der Waals surface area contributed by atoms with Crippen LogP contribution in [0.25, 0.3) is 0 Å². The average molecular weight is 376 g/mol. The van der Waals surface area contributed by atoms with E-state index in [1.807, 2.05) is 0 Å². The molecule has 0 unspecified atom stereocenters. The highest BCUT2D eigenvalue weighted by molar-refractivity contribution is 6.30. The zero-order chi connectivity index (χ0) is 19.1. The normalized spacial score (nSPS) is 11.3. The molecule has 0 aromatic heterocycles. The number of nitrogens with one attached hydrogen (secondary N) is 1. The molecule has 1 atom stereocenters. The van der Waals surface area contributed by atoms with E-state index in [-0.39, 0.29) is 5.78 Å². The number of rotatable bonds is 7. The summed E-state index contributed by atoms with van der Waals surface area (Å²) in [6.07, 6.45) is -0.884. The first-order chi connectivity index (χ1) is 12.3. The number of ether oxygens (including phenoxy) is 2. The summed E-state index contributed by atoms with van der Waals surface area (Å²) in [7, 11) is 0. The van der Waals surface area contributed by atoms with Crippen LogP contribution in [0.1, 0.15) is 24.2 Å². The molecule has 0 aliphatic carbocycles. The monoisotopic (exact) mass is 375 g/mol. The van der Waals surface area contributed by atoms with E-state index in [1.54, 1.807) is 48.5 Å². The highest BCUT2D eigenvalue weighted by atomic mass is 35.5. The van der Waals surface area contributed by atoms with E-state index in [4.69, 9.17) is 21.1 Å². The maximum Gasteiger partial charge on any atom is 0.347 e. The van der Waals surface area contributed by atoms with E-state index in [0.717, 1.165) is 0 Å². The van der Waals surface area contributed by atoms with Crippen LogP contribution in [0.4, 0.5) is 5.69 Å². The van der Waals surface area contributed by atoms with Crippen LogP contribution in [-0.4, -0.2) is 30.4 Å². The van der Waals surface area contributed by atoms with Gasteiger partial charge >= 0.3 is 5.97 Å². The highest BCUT2D eigenvalue weighted by Gasteiger charge is 2.18. The van der Waals surface area contributed by atoms with Gasteiger partial charge < -0.3 is 14.8 Å². The first kappa shape index (κ1) is 19.5. The van der Waals surface area contributed by atoms with Gasteiger partial charge in [0.25, 0.3) is 5.91 Å². The standard InChI is InChI=1S/C19H18ClNO5/c1-12(22)14-4-3-5-16(10-14)21-18(23)11-25-19(24)13(2)26-17-8-6-15(20)7-9-17/h3-10,13H,11H2,1-2H3,(H,21,23)/t13-/m0/s1. The number of benzene rings is 2. The fourth-order valence-electron chi connectivity index (χ4n) is 2.03. The molecule has 0 aliphatic rings. The number of Topliss-reactive ketones (excluding diaryl/α,β-unsaturated/α-hetero) is 1. The Morgan fingerprint density at radius 2 is 1.81 bits per heavy atom. The number of esters is 1. The molecule has 0 heterocycles. The minimum absolute atomic E-state index is 0.110. The van der Waals surface area contributed by atoms with Crippen LogP contribution in [0.2, 0.25) is 5.02 Å². The number of carbonyl (C=O) groups is 3. The van der Waals surface area contributed by atoms with E-state index in [2.05, 4.69) is 5.32 Å². The van der Waals surface area contributed by atoms with Gasteiger partial charge in [-0.2, -0.15) is 0 Å². The molecule has 0 spiro atoms. The quantitative estimate of drug-likeness (QED) is 0.591. The summed E-state index contributed by atoms with van der Waals surface area (Å²) in [4.78, 5) is 35.1. The number of ketones is 1. The van der Waals surface area contributed by atoms with E-state index >= 15 is 0 Å². The Morgan fingerprint density at radius 1 is 1.12 bits per heavy atom. The molecular weight excluding hydrogens is 358 g/mol. The molecule has 0 fully saturated rings. The van der Waals surface area contributed by atoms with Crippen LogP contribution in [0.3, 0.4) is 0 Å². The molecule has 2 aromatic rings. The number of halogens is 1. The summed E-state index contributed by atoms with van der Waals surface area (Å²) >= 11 is 5.78. The third kappa shape index (κ3) is 5.89. The molecule has 6 nitrogen and oxygen atoms in total. The van der Waals surface area contributed by atoms with Gasteiger partial charge in [-0.25, -0.2) is 4.79 Å². The molecule has 1 amide bonds. The second kappa shape index (κ2) is 9.01. The fraction of sp³-hybridized carbons (Fsp3) is 0.211. The summed E-state index contributed by atoms with van der Waals surface area (Å²) in [5.41, 5.74) is 0.925. The van der Waals surface area contributed by atoms with Crippen molar-refractivity contribution >= 4 is 34.9 Å². The molecule has 26 heavy (non-hydrogen) atoms. The van der Waals surface area contributed by atoms with Crippen molar-refractivity contribution in [1.82, 2.24) is 0 Å². The Labute approximate surface area is 156 Å². The molecule has 136 valence electrons. The van der Waals surface area contributed by atoms with Crippen LogP contribution in [0.5, 0.6) is 5.75 Å². The third-order valence-electron chi connectivity index (χ3n) is 3.36. The van der Waals surface area contributed by atoms with Crippen LogP contribution in [0, 0.1) is 0 Å².